The first-order chi connectivity index (χ1) is 17.7. The summed E-state index contributed by atoms with van der Waals surface area (Å²) in [4.78, 5) is 16.1. The maximum Gasteiger partial charge on any atom is 0.273 e. The molecule has 0 bridgehead atoms. The second-order valence-corrected chi connectivity index (χ2v) is 10.8. The predicted octanol–water partition coefficient (Wildman–Crippen LogP) is 8.59. The van der Waals surface area contributed by atoms with Crippen LogP contribution in [-0.4, -0.2) is 22.7 Å². The van der Waals surface area contributed by atoms with E-state index in [1.54, 1.807) is 4.52 Å². The summed E-state index contributed by atoms with van der Waals surface area (Å²) in [5.74, 6) is 0.277. The van der Waals surface area contributed by atoms with Crippen LogP contribution >= 0.6 is 0 Å². The number of aromatic amines is 1. The zero-order chi connectivity index (χ0) is 27.1. The third-order valence-electron chi connectivity index (χ3n) is 7.30. The van der Waals surface area contributed by atoms with Crippen LogP contribution in [0.3, 0.4) is 0 Å². The van der Waals surface area contributed by atoms with E-state index >= 15 is 0 Å². The number of hydrogen-bond donors (Lipinski definition) is 2. The molecule has 1 aromatic carbocycles. The number of aromatic nitrogens is 2. The van der Waals surface area contributed by atoms with Crippen molar-refractivity contribution in [2.45, 2.75) is 99.3 Å². The third kappa shape index (κ3) is 6.49. The quantitative estimate of drug-likeness (QED) is 0.231. The molecule has 37 heavy (non-hydrogen) atoms. The molecule has 2 heterocycles. The Bertz CT molecular complexity index is 1260. The standard InChI is InChI=1S/C32H48N4O/c1-9-12-15-26-27(22(4)5)21-29-31(30(23(6)7)34-36(29)32(26)37)33-28-17-16-25(20-24(28)8)35(18-13-10-2)19-14-11-3/h16-17,20-22,33-34H,6,9-15,18-19H2,1-5,7-8H3. The number of benzene rings is 1. The Morgan fingerprint density at radius 1 is 1.05 bits per heavy atom. The maximum atomic E-state index is 13.6. The fourth-order valence-electron chi connectivity index (χ4n) is 5.00. The van der Waals surface area contributed by atoms with Gasteiger partial charge >= 0.3 is 0 Å². The SMILES string of the molecule is C=C(C)c1[nH]n2c(=O)c(CCCC)c(C(C)C)cc2c1Nc1ccc(N(CCCC)CCCC)cc1C. The van der Waals surface area contributed by atoms with Crippen LogP contribution in [0, 0.1) is 6.92 Å². The molecule has 0 aliphatic carbocycles. The number of hydrogen-bond acceptors (Lipinski definition) is 3. The van der Waals surface area contributed by atoms with Gasteiger partial charge in [0, 0.05) is 30.0 Å². The lowest BCUT2D eigenvalue weighted by atomic mass is 9.95. The predicted molar refractivity (Wildman–Crippen MR) is 162 cm³/mol. The van der Waals surface area contributed by atoms with Crippen molar-refractivity contribution in [3.05, 3.63) is 63.6 Å². The molecule has 0 amide bonds. The average Bonchev–Trinajstić information content (AvgIpc) is 3.23. The number of unbranched alkanes of at least 4 members (excludes halogenated alkanes) is 3. The Hall–Kier alpha value is -2.95. The van der Waals surface area contributed by atoms with Crippen molar-refractivity contribution < 1.29 is 0 Å². The first-order valence-corrected chi connectivity index (χ1v) is 14.3. The largest absolute Gasteiger partial charge is 0.372 e. The maximum absolute atomic E-state index is 13.6. The second-order valence-electron chi connectivity index (χ2n) is 10.8. The van der Waals surface area contributed by atoms with Crippen molar-refractivity contribution in [3.8, 4) is 0 Å². The first kappa shape index (κ1) is 28.6. The Kier molecular flexibility index (Phi) is 10.1. The average molecular weight is 505 g/mol. The summed E-state index contributed by atoms with van der Waals surface area (Å²) in [6, 6.07) is 8.89. The summed E-state index contributed by atoms with van der Waals surface area (Å²) in [6.07, 6.45) is 7.69. The number of H-pyrrole nitrogens is 1. The van der Waals surface area contributed by atoms with Gasteiger partial charge in [0.2, 0.25) is 0 Å². The van der Waals surface area contributed by atoms with Gasteiger partial charge in [0.05, 0.1) is 16.9 Å². The number of allylic oxidation sites excluding steroid dienone is 1. The zero-order valence-electron chi connectivity index (χ0n) is 24.3. The number of nitrogens with one attached hydrogen (secondary N) is 2. The van der Waals surface area contributed by atoms with E-state index in [-0.39, 0.29) is 11.5 Å². The van der Waals surface area contributed by atoms with Crippen LogP contribution in [0.15, 0.2) is 35.6 Å². The lowest BCUT2D eigenvalue weighted by Crippen LogP contribution is -2.25. The van der Waals surface area contributed by atoms with Gasteiger partial charge in [-0.25, -0.2) is 4.52 Å². The Balaban J connectivity index is 2.07. The van der Waals surface area contributed by atoms with Crippen molar-refractivity contribution in [2.75, 3.05) is 23.3 Å². The fourth-order valence-corrected chi connectivity index (χ4v) is 5.00. The van der Waals surface area contributed by atoms with E-state index in [9.17, 15) is 4.79 Å². The number of aryl methyl sites for hydroxylation is 1. The van der Waals surface area contributed by atoms with E-state index in [2.05, 4.69) is 87.7 Å². The van der Waals surface area contributed by atoms with Crippen molar-refractivity contribution in [2.24, 2.45) is 0 Å². The van der Waals surface area contributed by atoms with Crippen molar-refractivity contribution in [1.29, 1.82) is 0 Å². The minimum absolute atomic E-state index is 0.0553. The monoisotopic (exact) mass is 504 g/mol. The molecule has 0 saturated heterocycles. The third-order valence-corrected chi connectivity index (χ3v) is 7.30. The van der Waals surface area contributed by atoms with E-state index in [1.807, 2.05) is 6.92 Å². The summed E-state index contributed by atoms with van der Waals surface area (Å²) in [5.41, 5.74) is 9.20. The molecule has 5 heteroatoms. The van der Waals surface area contributed by atoms with E-state index in [4.69, 9.17) is 0 Å². The van der Waals surface area contributed by atoms with Crippen molar-refractivity contribution >= 4 is 28.2 Å². The molecule has 5 nitrogen and oxygen atoms in total. The number of rotatable bonds is 14. The van der Waals surface area contributed by atoms with Crippen molar-refractivity contribution in [3.63, 3.8) is 0 Å². The van der Waals surface area contributed by atoms with Gasteiger partial charge in [-0.05, 0) is 86.4 Å². The Morgan fingerprint density at radius 2 is 1.70 bits per heavy atom. The molecule has 2 N–H and O–H groups in total. The summed E-state index contributed by atoms with van der Waals surface area (Å²) >= 11 is 0. The lowest BCUT2D eigenvalue weighted by molar-refractivity contribution is 0.678. The minimum atomic E-state index is 0.0553. The molecule has 0 aliphatic rings. The van der Waals surface area contributed by atoms with E-state index in [0.717, 1.165) is 71.6 Å². The molecular formula is C32H48N4O. The highest BCUT2D eigenvalue weighted by atomic mass is 16.1. The van der Waals surface area contributed by atoms with Crippen LogP contribution < -0.4 is 15.8 Å². The summed E-state index contributed by atoms with van der Waals surface area (Å²) in [5, 5.41) is 7.05. The van der Waals surface area contributed by atoms with Gasteiger partial charge in [0.25, 0.3) is 5.56 Å². The van der Waals surface area contributed by atoms with E-state index < -0.39 is 0 Å². The molecule has 202 valence electrons. The molecule has 0 atom stereocenters. The van der Waals surface area contributed by atoms with Gasteiger partial charge in [-0.3, -0.25) is 9.89 Å². The molecule has 0 fully saturated rings. The number of pyridine rings is 1. The smallest absolute Gasteiger partial charge is 0.273 e. The molecule has 0 radical (unpaired) electrons. The molecule has 0 unspecified atom stereocenters. The highest BCUT2D eigenvalue weighted by Gasteiger charge is 2.20. The molecule has 0 aliphatic heterocycles. The van der Waals surface area contributed by atoms with Crippen molar-refractivity contribution in [1.82, 2.24) is 9.61 Å². The normalized spacial score (nSPS) is 11.5. The van der Waals surface area contributed by atoms with Gasteiger partial charge in [-0.15, -0.1) is 0 Å². The van der Waals surface area contributed by atoms with Crippen LogP contribution in [0.5, 0.6) is 0 Å². The first-order valence-electron chi connectivity index (χ1n) is 14.3. The van der Waals surface area contributed by atoms with Crippen LogP contribution in [0.25, 0.3) is 11.1 Å². The molecule has 0 spiro atoms. The Labute approximate surface area is 224 Å². The minimum Gasteiger partial charge on any atom is -0.372 e. The van der Waals surface area contributed by atoms with Gasteiger partial charge in [-0.1, -0.05) is 60.5 Å². The molecular weight excluding hydrogens is 456 g/mol. The van der Waals surface area contributed by atoms with Gasteiger partial charge in [0.15, 0.2) is 0 Å². The molecule has 3 aromatic rings. The van der Waals surface area contributed by atoms with E-state index in [0.29, 0.717) is 0 Å². The molecule has 3 rings (SSSR count). The van der Waals surface area contributed by atoms with Crippen LogP contribution in [0.4, 0.5) is 17.1 Å². The summed E-state index contributed by atoms with van der Waals surface area (Å²) < 4.78 is 1.71. The molecule has 2 aromatic heterocycles. The van der Waals surface area contributed by atoms with E-state index in [1.165, 1.54) is 36.9 Å². The Morgan fingerprint density at radius 3 is 2.24 bits per heavy atom. The number of fused-ring (bicyclic) bond motifs is 1. The zero-order valence-corrected chi connectivity index (χ0v) is 24.3. The summed E-state index contributed by atoms with van der Waals surface area (Å²) in [7, 11) is 0. The topological polar surface area (TPSA) is 52.5 Å². The highest BCUT2D eigenvalue weighted by molar-refractivity contribution is 5.88. The summed E-state index contributed by atoms with van der Waals surface area (Å²) in [6.45, 7) is 21.5. The number of nitrogens with zero attached hydrogens (tertiary/aromatic N) is 2. The fraction of sp³-hybridized carbons (Fsp3) is 0.531. The van der Waals surface area contributed by atoms with Crippen LogP contribution in [-0.2, 0) is 6.42 Å². The van der Waals surface area contributed by atoms with Gasteiger partial charge in [-0.2, -0.15) is 0 Å². The lowest BCUT2D eigenvalue weighted by Gasteiger charge is -2.26. The molecule has 0 saturated carbocycles. The van der Waals surface area contributed by atoms with Crippen LogP contribution in [0.1, 0.15) is 108 Å². The van der Waals surface area contributed by atoms with Gasteiger partial charge in [0.1, 0.15) is 0 Å². The van der Waals surface area contributed by atoms with Crippen LogP contribution in [0.2, 0.25) is 0 Å². The second kappa shape index (κ2) is 13.0. The van der Waals surface area contributed by atoms with Gasteiger partial charge < -0.3 is 10.2 Å². The highest BCUT2D eigenvalue weighted by Crippen LogP contribution is 2.34. The number of anilines is 3.